The Kier molecular flexibility index (Phi) is 6.46. The molecule has 3 rings (SSSR count). The van der Waals surface area contributed by atoms with Gasteiger partial charge in [-0.05, 0) is 68.3 Å². The van der Waals surface area contributed by atoms with E-state index >= 15 is 0 Å². The summed E-state index contributed by atoms with van der Waals surface area (Å²) in [6.07, 6.45) is 0.606. The van der Waals surface area contributed by atoms with Gasteiger partial charge >= 0.3 is 5.97 Å². The Bertz CT molecular complexity index is 1100. The molecule has 3 aromatic rings. The molecule has 0 atom stereocenters. The third kappa shape index (κ3) is 4.65. The van der Waals surface area contributed by atoms with Crippen LogP contribution in [-0.4, -0.2) is 38.9 Å². The minimum atomic E-state index is -1.03. The number of carboxylic acid groups (broad SMARTS) is 1. The fourth-order valence-corrected chi connectivity index (χ4v) is 3.21. The van der Waals surface area contributed by atoms with Gasteiger partial charge < -0.3 is 14.4 Å². The van der Waals surface area contributed by atoms with Crippen LogP contribution in [0.2, 0.25) is 0 Å². The number of aromatic nitrogens is 2. The summed E-state index contributed by atoms with van der Waals surface area (Å²) in [4.78, 5) is 27.7. The van der Waals surface area contributed by atoms with Crippen molar-refractivity contribution in [1.82, 2.24) is 15.0 Å². The van der Waals surface area contributed by atoms with Gasteiger partial charge in [0, 0.05) is 12.1 Å². The van der Waals surface area contributed by atoms with Gasteiger partial charge in [0.1, 0.15) is 11.6 Å². The SMILES string of the molecule is CC/C(=N/NC(=O)c1ccc2c(c1)nc(C)n2CC)c1ccc(OCC(=O)O)cc1. The average molecular weight is 408 g/mol. The third-order valence-electron chi connectivity index (χ3n) is 4.69. The molecule has 0 fully saturated rings. The second kappa shape index (κ2) is 9.21. The first-order valence-corrected chi connectivity index (χ1v) is 9.71. The number of carboxylic acids is 1. The van der Waals surface area contributed by atoms with Gasteiger partial charge in [0.05, 0.1) is 16.7 Å². The Morgan fingerprint density at radius 3 is 2.47 bits per heavy atom. The van der Waals surface area contributed by atoms with Gasteiger partial charge in [-0.2, -0.15) is 5.10 Å². The molecule has 1 aromatic heterocycles. The average Bonchev–Trinajstić information content (AvgIpc) is 3.07. The van der Waals surface area contributed by atoms with E-state index in [-0.39, 0.29) is 5.91 Å². The second-order valence-electron chi connectivity index (χ2n) is 6.67. The molecule has 0 spiro atoms. The summed E-state index contributed by atoms with van der Waals surface area (Å²) in [5.74, 6) is 0.0169. The Morgan fingerprint density at radius 2 is 1.83 bits per heavy atom. The molecule has 156 valence electrons. The summed E-state index contributed by atoms with van der Waals surface area (Å²) in [6, 6.07) is 12.3. The van der Waals surface area contributed by atoms with Gasteiger partial charge in [-0.3, -0.25) is 4.79 Å². The maximum absolute atomic E-state index is 12.6. The lowest BCUT2D eigenvalue weighted by Crippen LogP contribution is -2.20. The van der Waals surface area contributed by atoms with Crippen molar-refractivity contribution in [3.05, 3.63) is 59.4 Å². The van der Waals surface area contributed by atoms with Crippen molar-refractivity contribution in [1.29, 1.82) is 0 Å². The zero-order valence-corrected chi connectivity index (χ0v) is 17.2. The summed E-state index contributed by atoms with van der Waals surface area (Å²) in [6.45, 7) is 6.36. The van der Waals surface area contributed by atoms with Crippen LogP contribution in [0.1, 0.15) is 42.0 Å². The summed E-state index contributed by atoms with van der Waals surface area (Å²) >= 11 is 0. The Labute approximate surface area is 174 Å². The van der Waals surface area contributed by atoms with Crippen LogP contribution in [0.4, 0.5) is 0 Å². The van der Waals surface area contributed by atoms with Crippen molar-refractivity contribution in [2.75, 3.05) is 6.61 Å². The number of carbonyl (C=O) groups is 2. The first kappa shape index (κ1) is 21.0. The van der Waals surface area contributed by atoms with E-state index in [2.05, 4.69) is 27.0 Å². The number of aliphatic carboxylic acids is 1. The summed E-state index contributed by atoms with van der Waals surface area (Å²) in [5.41, 5.74) is 6.37. The predicted molar refractivity (Wildman–Crippen MR) is 114 cm³/mol. The molecule has 0 aliphatic heterocycles. The van der Waals surface area contributed by atoms with Crippen LogP contribution in [0.25, 0.3) is 11.0 Å². The number of hydrogen-bond acceptors (Lipinski definition) is 5. The van der Waals surface area contributed by atoms with Crippen molar-refractivity contribution in [2.24, 2.45) is 5.10 Å². The first-order chi connectivity index (χ1) is 14.4. The maximum Gasteiger partial charge on any atom is 0.341 e. The molecule has 0 aliphatic carbocycles. The molecule has 2 aromatic carbocycles. The lowest BCUT2D eigenvalue weighted by atomic mass is 10.1. The minimum absolute atomic E-state index is 0.312. The molecule has 2 N–H and O–H groups in total. The van der Waals surface area contributed by atoms with Crippen LogP contribution in [-0.2, 0) is 11.3 Å². The van der Waals surface area contributed by atoms with E-state index in [1.165, 1.54) is 0 Å². The molecule has 0 aliphatic rings. The standard InChI is InChI=1S/C22H24N4O4/c1-4-18(15-6-9-17(10-7-15)30-13-21(27)28)24-25-22(29)16-8-11-20-19(12-16)23-14(3)26(20)5-2/h6-12H,4-5,13H2,1-3H3,(H,25,29)(H,27,28)/b24-18-. The van der Waals surface area contributed by atoms with E-state index in [0.717, 1.165) is 29.0 Å². The highest BCUT2D eigenvalue weighted by Crippen LogP contribution is 2.18. The molecule has 1 amide bonds. The number of benzene rings is 2. The number of nitrogens with zero attached hydrogens (tertiary/aromatic N) is 3. The van der Waals surface area contributed by atoms with Gasteiger partial charge in [-0.15, -0.1) is 0 Å². The summed E-state index contributed by atoms with van der Waals surface area (Å²) in [7, 11) is 0. The summed E-state index contributed by atoms with van der Waals surface area (Å²) < 4.78 is 7.22. The number of imidazole rings is 1. The fraction of sp³-hybridized carbons (Fsp3) is 0.273. The van der Waals surface area contributed by atoms with E-state index in [1.807, 2.05) is 19.9 Å². The smallest absolute Gasteiger partial charge is 0.341 e. The summed E-state index contributed by atoms with van der Waals surface area (Å²) in [5, 5.41) is 12.9. The number of rotatable bonds is 8. The molecular formula is C22H24N4O4. The van der Waals surface area contributed by atoms with E-state index < -0.39 is 12.6 Å². The van der Waals surface area contributed by atoms with Crippen molar-refractivity contribution in [3.8, 4) is 5.75 Å². The fourth-order valence-electron chi connectivity index (χ4n) is 3.21. The van der Waals surface area contributed by atoms with Crippen molar-refractivity contribution in [2.45, 2.75) is 33.7 Å². The van der Waals surface area contributed by atoms with Crippen LogP contribution >= 0.6 is 0 Å². The Balaban J connectivity index is 1.73. The number of hydrazone groups is 1. The lowest BCUT2D eigenvalue weighted by molar-refractivity contribution is -0.139. The van der Waals surface area contributed by atoms with E-state index in [9.17, 15) is 9.59 Å². The second-order valence-corrected chi connectivity index (χ2v) is 6.67. The van der Waals surface area contributed by atoms with E-state index in [4.69, 9.17) is 9.84 Å². The zero-order valence-electron chi connectivity index (χ0n) is 17.2. The molecule has 0 bridgehead atoms. The van der Waals surface area contributed by atoms with Crippen LogP contribution < -0.4 is 10.2 Å². The van der Waals surface area contributed by atoms with Crippen molar-refractivity contribution in [3.63, 3.8) is 0 Å². The number of amides is 1. The van der Waals surface area contributed by atoms with Crippen LogP contribution in [0.3, 0.4) is 0 Å². The molecular weight excluding hydrogens is 384 g/mol. The van der Waals surface area contributed by atoms with Crippen LogP contribution in [0.15, 0.2) is 47.6 Å². The Morgan fingerprint density at radius 1 is 1.13 bits per heavy atom. The number of aryl methyl sites for hydroxylation is 2. The molecule has 8 nitrogen and oxygen atoms in total. The third-order valence-corrected chi connectivity index (χ3v) is 4.69. The number of nitrogens with one attached hydrogen (secondary N) is 1. The highest BCUT2D eigenvalue weighted by Gasteiger charge is 2.11. The van der Waals surface area contributed by atoms with E-state index in [0.29, 0.717) is 23.4 Å². The van der Waals surface area contributed by atoms with Crippen LogP contribution in [0, 0.1) is 6.92 Å². The van der Waals surface area contributed by atoms with Crippen molar-refractivity contribution >= 4 is 28.6 Å². The number of hydrogen-bond donors (Lipinski definition) is 2. The highest BCUT2D eigenvalue weighted by molar-refractivity contribution is 6.02. The molecule has 0 saturated heterocycles. The maximum atomic E-state index is 12.6. The van der Waals surface area contributed by atoms with Gasteiger partial charge in [0.15, 0.2) is 6.61 Å². The number of carbonyl (C=O) groups excluding carboxylic acids is 1. The number of ether oxygens (including phenoxy) is 1. The quantitative estimate of drug-likeness (QED) is 0.439. The minimum Gasteiger partial charge on any atom is -0.482 e. The zero-order chi connectivity index (χ0) is 21.7. The monoisotopic (exact) mass is 408 g/mol. The van der Waals surface area contributed by atoms with E-state index in [1.54, 1.807) is 36.4 Å². The molecule has 0 unspecified atom stereocenters. The Hall–Kier alpha value is -3.68. The van der Waals surface area contributed by atoms with Crippen LogP contribution in [0.5, 0.6) is 5.75 Å². The molecule has 0 radical (unpaired) electrons. The predicted octanol–water partition coefficient (Wildman–Crippen LogP) is 3.37. The molecule has 0 saturated carbocycles. The molecule has 8 heteroatoms. The van der Waals surface area contributed by atoms with Gasteiger partial charge in [0.2, 0.25) is 0 Å². The van der Waals surface area contributed by atoms with Gasteiger partial charge in [-0.1, -0.05) is 6.92 Å². The molecule has 30 heavy (non-hydrogen) atoms. The van der Waals surface area contributed by atoms with Gasteiger partial charge in [-0.25, -0.2) is 15.2 Å². The number of fused-ring (bicyclic) bond motifs is 1. The normalized spacial score (nSPS) is 11.5. The topological polar surface area (TPSA) is 106 Å². The highest BCUT2D eigenvalue weighted by atomic mass is 16.5. The van der Waals surface area contributed by atoms with Crippen molar-refractivity contribution < 1.29 is 19.4 Å². The molecule has 1 heterocycles. The largest absolute Gasteiger partial charge is 0.482 e. The lowest BCUT2D eigenvalue weighted by Gasteiger charge is -2.08. The first-order valence-electron chi connectivity index (χ1n) is 9.71. The van der Waals surface area contributed by atoms with Gasteiger partial charge in [0.25, 0.3) is 5.91 Å².